The van der Waals surface area contributed by atoms with E-state index in [0.29, 0.717) is 29.4 Å². The van der Waals surface area contributed by atoms with Crippen LogP contribution in [0.5, 0.6) is 0 Å². The summed E-state index contributed by atoms with van der Waals surface area (Å²) in [6.07, 6.45) is 13.2. The molecule has 0 radical (unpaired) electrons. The molecule has 1 heterocycles. The molecule has 4 rings (SSSR count). The maximum absolute atomic E-state index is 14.9. The van der Waals surface area contributed by atoms with Crippen molar-refractivity contribution in [3.05, 3.63) is 24.3 Å². The molecule has 0 amide bonds. The summed E-state index contributed by atoms with van der Waals surface area (Å²) in [6.45, 7) is 4.53. The second kappa shape index (κ2) is 4.38. The molecule has 7 atom stereocenters. The number of rotatable bonds is 0. The van der Waals surface area contributed by atoms with E-state index in [1.807, 2.05) is 11.8 Å². The summed E-state index contributed by atoms with van der Waals surface area (Å²) in [6, 6.07) is 0. The number of hydrogen-bond donors (Lipinski definition) is 1. The molecule has 2 unspecified atom stereocenters. The Labute approximate surface area is 131 Å². The molecule has 1 nitrogen and oxygen atoms in total. The van der Waals surface area contributed by atoms with E-state index in [0.717, 1.165) is 12.2 Å². The Morgan fingerprint density at radius 3 is 2.81 bits per heavy atom. The van der Waals surface area contributed by atoms with Crippen LogP contribution in [0.2, 0.25) is 0 Å². The predicted molar refractivity (Wildman–Crippen MR) is 87.7 cm³/mol. The summed E-state index contributed by atoms with van der Waals surface area (Å²) >= 11 is 2.00. The summed E-state index contributed by atoms with van der Waals surface area (Å²) in [4.78, 5) is 0. The Balaban J connectivity index is 1.69. The van der Waals surface area contributed by atoms with Gasteiger partial charge in [-0.2, -0.15) is 11.8 Å². The second-order valence-electron chi connectivity index (χ2n) is 8.11. The number of alkyl halides is 1. The van der Waals surface area contributed by atoms with E-state index < -0.39 is 5.79 Å². The third-order valence-corrected chi connectivity index (χ3v) is 9.17. The van der Waals surface area contributed by atoms with Gasteiger partial charge in [0.2, 0.25) is 0 Å². The van der Waals surface area contributed by atoms with Crippen molar-refractivity contribution in [2.75, 3.05) is 5.75 Å². The fourth-order valence-corrected chi connectivity index (χ4v) is 7.82. The fourth-order valence-electron chi connectivity index (χ4n) is 5.66. The lowest BCUT2D eigenvalue weighted by Crippen LogP contribution is -2.58. The normalized spacial score (nSPS) is 58.5. The molecule has 0 aromatic rings. The first-order chi connectivity index (χ1) is 9.88. The Morgan fingerprint density at radius 2 is 2.00 bits per heavy atom. The zero-order valence-electron chi connectivity index (χ0n) is 13.0. The molecule has 2 N–H and O–H groups in total. The van der Waals surface area contributed by atoms with Gasteiger partial charge in [-0.05, 0) is 43.4 Å². The summed E-state index contributed by atoms with van der Waals surface area (Å²) in [7, 11) is 0. The molecule has 2 saturated carbocycles. The van der Waals surface area contributed by atoms with Gasteiger partial charge in [-0.15, -0.1) is 0 Å². The first-order valence-electron chi connectivity index (χ1n) is 8.34. The van der Waals surface area contributed by atoms with Crippen molar-refractivity contribution in [2.24, 2.45) is 34.3 Å². The van der Waals surface area contributed by atoms with E-state index in [1.165, 1.54) is 12.8 Å². The van der Waals surface area contributed by atoms with E-state index in [9.17, 15) is 4.39 Å². The summed E-state index contributed by atoms with van der Waals surface area (Å²) in [5.74, 6) is 1.18. The highest BCUT2D eigenvalue weighted by molar-refractivity contribution is 8.00. The lowest BCUT2D eigenvalue weighted by atomic mass is 9.56. The molecule has 0 spiro atoms. The molecule has 0 bridgehead atoms. The molecule has 1 saturated heterocycles. The maximum Gasteiger partial charge on any atom is 0.165 e. The zero-order valence-corrected chi connectivity index (χ0v) is 13.8. The highest BCUT2D eigenvalue weighted by Gasteiger charge is 2.64. The lowest BCUT2D eigenvalue weighted by molar-refractivity contribution is -0.0110. The molecule has 3 aliphatic carbocycles. The number of thioether (sulfide) groups is 1. The number of halogens is 1. The minimum Gasteiger partial charge on any atom is -0.299 e. The molecular weight excluding hydrogens is 281 g/mol. The van der Waals surface area contributed by atoms with Gasteiger partial charge in [-0.1, -0.05) is 38.2 Å². The number of nitrogens with two attached hydrogens (primary N) is 1. The quantitative estimate of drug-likeness (QED) is 0.675. The van der Waals surface area contributed by atoms with Crippen LogP contribution in [0.15, 0.2) is 24.3 Å². The lowest BCUT2D eigenvalue weighted by Gasteiger charge is -2.58. The standard InChI is InChI=1S/C18H26FNS/c1-16-9-4-3-5-12(16)6-7-13-14-8-10-18(19,20)17(14,2)11-21-15(13)16/h3-5,9,12-15H,6-8,10-11,20H2,1-2H3/t12?,13-,14-,15+,16-,17-,18?/m0/s1. The highest BCUT2D eigenvalue weighted by Crippen LogP contribution is 2.65. The highest BCUT2D eigenvalue weighted by atomic mass is 32.2. The molecule has 0 aromatic carbocycles. The van der Waals surface area contributed by atoms with Gasteiger partial charge in [0.1, 0.15) is 0 Å². The van der Waals surface area contributed by atoms with Crippen LogP contribution < -0.4 is 5.73 Å². The Bertz CT molecular complexity index is 513. The zero-order chi connectivity index (χ0) is 14.9. The van der Waals surface area contributed by atoms with Gasteiger partial charge in [0.15, 0.2) is 5.79 Å². The van der Waals surface area contributed by atoms with Crippen molar-refractivity contribution in [1.82, 2.24) is 0 Å². The molecule has 116 valence electrons. The predicted octanol–water partition coefficient (Wildman–Crippen LogP) is 4.30. The van der Waals surface area contributed by atoms with E-state index in [2.05, 4.69) is 38.2 Å². The Morgan fingerprint density at radius 1 is 1.19 bits per heavy atom. The fraction of sp³-hybridized carbons (Fsp3) is 0.778. The Kier molecular flexibility index (Phi) is 2.99. The smallest absolute Gasteiger partial charge is 0.165 e. The molecule has 0 aromatic heterocycles. The van der Waals surface area contributed by atoms with Crippen molar-refractivity contribution < 1.29 is 4.39 Å². The van der Waals surface area contributed by atoms with Crippen LogP contribution in [0.4, 0.5) is 4.39 Å². The molecular formula is C18H26FNS. The first kappa shape index (κ1) is 14.3. The third kappa shape index (κ3) is 1.74. The molecule has 3 fully saturated rings. The van der Waals surface area contributed by atoms with Crippen molar-refractivity contribution in [1.29, 1.82) is 0 Å². The monoisotopic (exact) mass is 307 g/mol. The molecule has 1 aliphatic heterocycles. The minimum absolute atomic E-state index is 0.250. The van der Waals surface area contributed by atoms with Gasteiger partial charge < -0.3 is 0 Å². The van der Waals surface area contributed by atoms with E-state index in [1.54, 1.807) is 0 Å². The van der Waals surface area contributed by atoms with E-state index in [4.69, 9.17) is 5.73 Å². The van der Waals surface area contributed by atoms with Crippen molar-refractivity contribution in [3.8, 4) is 0 Å². The SMILES string of the molecule is C[C@]12C=CC=CC1CC[C@@H]1[C@H]2SC[C@@]2(C)[C@H]1CCC2(N)F. The van der Waals surface area contributed by atoms with Crippen molar-refractivity contribution >= 4 is 11.8 Å². The van der Waals surface area contributed by atoms with Crippen LogP contribution in [0.3, 0.4) is 0 Å². The van der Waals surface area contributed by atoms with Crippen molar-refractivity contribution in [3.63, 3.8) is 0 Å². The summed E-state index contributed by atoms with van der Waals surface area (Å²) < 4.78 is 14.9. The average molecular weight is 307 g/mol. The molecule has 3 heteroatoms. The van der Waals surface area contributed by atoms with Crippen LogP contribution >= 0.6 is 11.8 Å². The van der Waals surface area contributed by atoms with Gasteiger partial charge >= 0.3 is 0 Å². The second-order valence-corrected chi connectivity index (χ2v) is 9.24. The van der Waals surface area contributed by atoms with Gasteiger partial charge in [-0.25, -0.2) is 4.39 Å². The van der Waals surface area contributed by atoms with Gasteiger partial charge in [0.05, 0.1) is 0 Å². The van der Waals surface area contributed by atoms with Crippen molar-refractivity contribution in [2.45, 2.75) is 50.6 Å². The van der Waals surface area contributed by atoms with Crippen LogP contribution in [0.25, 0.3) is 0 Å². The molecule has 4 aliphatic rings. The molecule has 21 heavy (non-hydrogen) atoms. The largest absolute Gasteiger partial charge is 0.299 e. The summed E-state index contributed by atoms with van der Waals surface area (Å²) in [5, 5.41) is 0.629. The van der Waals surface area contributed by atoms with Gasteiger partial charge in [0.25, 0.3) is 0 Å². The number of hydrogen-bond acceptors (Lipinski definition) is 2. The van der Waals surface area contributed by atoms with Crippen LogP contribution in [-0.4, -0.2) is 16.8 Å². The number of allylic oxidation sites excluding steroid dienone is 4. The Hall–Kier alpha value is -0.280. The minimum atomic E-state index is -1.46. The number of fused-ring (bicyclic) bond motifs is 5. The third-order valence-electron chi connectivity index (χ3n) is 7.19. The van der Waals surface area contributed by atoms with Crippen LogP contribution in [-0.2, 0) is 0 Å². The van der Waals surface area contributed by atoms with Gasteiger partial charge in [0, 0.05) is 21.8 Å². The maximum atomic E-state index is 14.9. The van der Waals surface area contributed by atoms with Crippen LogP contribution in [0.1, 0.15) is 39.5 Å². The van der Waals surface area contributed by atoms with Crippen LogP contribution in [0, 0.1) is 28.6 Å². The topological polar surface area (TPSA) is 26.0 Å². The first-order valence-corrected chi connectivity index (χ1v) is 9.39. The average Bonchev–Trinajstić information content (AvgIpc) is 2.69. The van der Waals surface area contributed by atoms with Gasteiger partial charge in [-0.3, -0.25) is 5.73 Å². The summed E-state index contributed by atoms with van der Waals surface area (Å²) in [5.41, 5.74) is 5.97. The van der Waals surface area contributed by atoms with E-state index >= 15 is 0 Å². The van der Waals surface area contributed by atoms with E-state index in [-0.39, 0.29) is 10.8 Å².